The molecular formula is C24H30FN3O5S. The average molecular weight is 492 g/mol. The first-order valence-electron chi connectivity index (χ1n) is 11.4. The summed E-state index contributed by atoms with van der Waals surface area (Å²) in [4.78, 5) is 17.0. The summed E-state index contributed by atoms with van der Waals surface area (Å²) in [5.41, 5.74) is 0.936. The minimum Gasteiger partial charge on any atom is -0.497 e. The number of nitrogens with zero attached hydrogens (tertiary/aromatic N) is 3. The third-order valence-corrected chi connectivity index (χ3v) is 8.11. The number of hydrogen-bond donors (Lipinski definition) is 0. The smallest absolute Gasteiger partial charge is 0.256 e. The molecule has 0 spiro atoms. The molecule has 8 nitrogen and oxygen atoms in total. The van der Waals surface area contributed by atoms with Crippen LogP contribution in [0.1, 0.15) is 22.3 Å². The molecule has 0 radical (unpaired) electrons. The fraction of sp³-hybridized carbons (Fsp3) is 0.458. The molecule has 0 aromatic heterocycles. The highest BCUT2D eigenvalue weighted by molar-refractivity contribution is 7.89. The number of methoxy groups -OCH3 is 1. The number of rotatable bonds is 6. The molecule has 34 heavy (non-hydrogen) atoms. The topological polar surface area (TPSA) is 79.4 Å². The Kier molecular flexibility index (Phi) is 7.82. The molecule has 184 valence electrons. The summed E-state index contributed by atoms with van der Waals surface area (Å²) in [6.45, 7) is 4.22. The average Bonchev–Trinajstić information content (AvgIpc) is 3.10. The molecule has 0 aliphatic carbocycles. The molecule has 0 saturated carbocycles. The van der Waals surface area contributed by atoms with Crippen molar-refractivity contribution in [3.63, 3.8) is 0 Å². The van der Waals surface area contributed by atoms with Gasteiger partial charge in [-0.3, -0.25) is 9.69 Å². The van der Waals surface area contributed by atoms with Gasteiger partial charge in [0, 0.05) is 45.8 Å². The minimum absolute atomic E-state index is 0.0740. The highest BCUT2D eigenvalue weighted by atomic mass is 32.2. The number of amides is 1. The fourth-order valence-electron chi connectivity index (χ4n) is 4.26. The molecule has 2 aliphatic heterocycles. The van der Waals surface area contributed by atoms with E-state index in [4.69, 9.17) is 9.47 Å². The molecule has 2 fully saturated rings. The SMILES string of the molecule is COc1ccc(CN2CCCN(C(=O)c3cc(S(=O)(=O)N4CCOCC4)ccc3F)CC2)cc1. The number of carbonyl (C=O) groups excluding carboxylic acids is 1. The minimum atomic E-state index is -3.82. The van der Waals surface area contributed by atoms with Crippen LogP contribution in [0.3, 0.4) is 0 Å². The van der Waals surface area contributed by atoms with Crippen molar-refractivity contribution in [1.82, 2.24) is 14.1 Å². The first kappa shape index (κ1) is 24.6. The lowest BCUT2D eigenvalue weighted by molar-refractivity contribution is 0.0729. The molecule has 0 unspecified atom stereocenters. The van der Waals surface area contributed by atoms with Gasteiger partial charge < -0.3 is 14.4 Å². The Morgan fingerprint density at radius 3 is 2.44 bits per heavy atom. The second-order valence-electron chi connectivity index (χ2n) is 8.43. The third kappa shape index (κ3) is 5.57. The van der Waals surface area contributed by atoms with Crippen LogP contribution in [-0.2, 0) is 21.3 Å². The predicted molar refractivity (Wildman–Crippen MR) is 125 cm³/mol. The Hall–Kier alpha value is -2.53. The van der Waals surface area contributed by atoms with Crippen LogP contribution in [0.25, 0.3) is 0 Å². The van der Waals surface area contributed by atoms with Gasteiger partial charge in [-0.1, -0.05) is 12.1 Å². The highest BCUT2D eigenvalue weighted by Crippen LogP contribution is 2.22. The predicted octanol–water partition coefficient (Wildman–Crippen LogP) is 2.20. The summed E-state index contributed by atoms with van der Waals surface area (Å²) in [6, 6.07) is 11.3. The summed E-state index contributed by atoms with van der Waals surface area (Å²) in [5.74, 6) is -0.399. The van der Waals surface area contributed by atoms with Gasteiger partial charge in [0.2, 0.25) is 10.0 Å². The molecule has 2 saturated heterocycles. The number of halogens is 1. The summed E-state index contributed by atoms with van der Waals surface area (Å²) < 4.78 is 52.3. The van der Waals surface area contributed by atoms with Crippen molar-refractivity contribution in [1.29, 1.82) is 0 Å². The monoisotopic (exact) mass is 491 g/mol. The summed E-state index contributed by atoms with van der Waals surface area (Å²) in [7, 11) is -2.19. The van der Waals surface area contributed by atoms with E-state index in [9.17, 15) is 17.6 Å². The number of carbonyl (C=O) groups is 1. The third-order valence-electron chi connectivity index (χ3n) is 6.22. The Morgan fingerprint density at radius 1 is 1.00 bits per heavy atom. The lowest BCUT2D eigenvalue weighted by atomic mass is 10.2. The maximum atomic E-state index is 14.6. The van der Waals surface area contributed by atoms with Crippen molar-refractivity contribution in [3.05, 3.63) is 59.4 Å². The van der Waals surface area contributed by atoms with Crippen LogP contribution in [0.15, 0.2) is 47.4 Å². The van der Waals surface area contributed by atoms with Gasteiger partial charge in [0.05, 0.1) is 30.8 Å². The van der Waals surface area contributed by atoms with Gasteiger partial charge in [0.1, 0.15) is 11.6 Å². The Morgan fingerprint density at radius 2 is 1.74 bits per heavy atom. The number of hydrogen-bond acceptors (Lipinski definition) is 6. The van der Waals surface area contributed by atoms with Crippen molar-refractivity contribution >= 4 is 15.9 Å². The second-order valence-corrected chi connectivity index (χ2v) is 10.4. The Balaban J connectivity index is 1.44. The summed E-state index contributed by atoms with van der Waals surface area (Å²) in [5, 5.41) is 0. The molecule has 10 heteroatoms. The van der Waals surface area contributed by atoms with E-state index >= 15 is 0 Å². The number of ether oxygens (including phenoxy) is 2. The number of morpholine rings is 1. The van der Waals surface area contributed by atoms with E-state index in [1.807, 2.05) is 24.3 Å². The maximum absolute atomic E-state index is 14.6. The van der Waals surface area contributed by atoms with Crippen LogP contribution < -0.4 is 4.74 Å². The number of sulfonamides is 1. The van der Waals surface area contributed by atoms with Gasteiger partial charge in [-0.05, 0) is 42.3 Å². The van der Waals surface area contributed by atoms with Crippen molar-refractivity contribution < 1.29 is 27.1 Å². The first-order chi connectivity index (χ1) is 16.4. The first-order valence-corrected chi connectivity index (χ1v) is 12.8. The van der Waals surface area contributed by atoms with Crippen LogP contribution in [0, 0.1) is 5.82 Å². The van der Waals surface area contributed by atoms with E-state index in [1.54, 1.807) is 12.0 Å². The summed E-state index contributed by atoms with van der Waals surface area (Å²) in [6.07, 6.45) is 0.745. The molecule has 2 aromatic rings. The highest BCUT2D eigenvalue weighted by Gasteiger charge is 2.29. The zero-order valence-electron chi connectivity index (χ0n) is 19.3. The zero-order valence-corrected chi connectivity index (χ0v) is 20.1. The molecular weight excluding hydrogens is 461 g/mol. The maximum Gasteiger partial charge on any atom is 0.256 e. The number of benzene rings is 2. The van der Waals surface area contributed by atoms with Gasteiger partial charge in [-0.2, -0.15) is 4.31 Å². The van der Waals surface area contributed by atoms with Gasteiger partial charge >= 0.3 is 0 Å². The molecule has 4 rings (SSSR count). The molecule has 2 aromatic carbocycles. The van der Waals surface area contributed by atoms with Gasteiger partial charge in [0.25, 0.3) is 5.91 Å². The van der Waals surface area contributed by atoms with E-state index in [0.29, 0.717) is 32.8 Å². The molecule has 2 heterocycles. The molecule has 1 amide bonds. The van der Waals surface area contributed by atoms with Crippen molar-refractivity contribution in [2.24, 2.45) is 0 Å². The lowest BCUT2D eigenvalue weighted by Crippen LogP contribution is -2.40. The van der Waals surface area contributed by atoms with Crippen LogP contribution in [0.5, 0.6) is 5.75 Å². The van der Waals surface area contributed by atoms with E-state index in [2.05, 4.69) is 4.90 Å². The van der Waals surface area contributed by atoms with Crippen molar-refractivity contribution in [2.45, 2.75) is 17.9 Å². The van der Waals surface area contributed by atoms with E-state index < -0.39 is 21.7 Å². The Labute approximate surface area is 199 Å². The van der Waals surface area contributed by atoms with Crippen molar-refractivity contribution in [2.75, 3.05) is 59.6 Å². The fourth-order valence-corrected chi connectivity index (χ4v) is 5.69. The second kappa shape index (κ2) is 10.8. The van der Waals surface area contributed by atoms with E-state index in [1.165, 1.54) is 16.4 Å². The normalized spacial score (nSPS) is 18.5. The van der Waals surface area contributed by atoms with Crippen LogP contribution in [0.4, 0.5) is 4.39 Å². The zero-order chi connectivity index (χ0) is 24.1. The quantitative estimate of drug-likeness (QED) is 0.617. The van der Waals surface area contributed by atoms with Gasteiger partial charge in [-0.25, -0.2) is 12.8 Å². The molecule has 0 bridgehead atoms. The van der Waals surface area contributed by atoms with Gasteiger partial charge in [-0.15, -0.1) is 0 Å². The van der Waals surface area contributed by atoms with Crippen LogP contribution in [-0.4, -0.2) is 88.0 Å². The largest absolute Gasteiger partial charge is 0.497 e. The molecule has 2 aliphatic rings. The molecule has 0 atom stereocenters. The Bertz CT molecular complexity index is 1100. The lowest BCUT2D eigenvalue weighted by Gasteiger charge is -2.26. The van der Waals surface area contributed by atoms with Crippen LogP contribution in [0.2, 0.25) is 0 Å². The van der Waals surface area contributed by atoms with Crippen LogP contribution >= 0.6 is 0 Å². The van der Waals surface area contributed by atoms with E-state index in [-0.39, 0.29) is 23.5 Å². The van der Waals surface area contributed by atoms with Crippen molar-refractivity contribution in [3.8, 4) is 5.75 Å². The molecule has 0 N–H and O–H groups in total. The van der Waals surface area contributed by atoms with E-state index in [0.717, 1.165) is 36.9 Å². The van der Waals surface area contributed by atoms with Gasteiger partial charge in [0.15, 0.2) is 0 Å². The standard InChI is InChI=1S/C24H30FN3O5S/c1-32-20-5-3-19(4-6-20)18-26-9-2-10-27(12-11-26)24(29)22-17-21(7-8-23(22)25)34(30,31)28-13-15-33-16-14-28/h3-8,17H,2,9-16,18H2,1H3. The summed E-state index contributed by atoms with van der Waals surface area (Å²) >= 11 is 0.